The maximum Gasteiger partial charge on any atom is 0.221 e. The quantitative estimate of drug-likeness (QED) is 0.300. The summed E-state index contributed by atoms with van der Waals surface area (Å²) in [6.45, 7) is 1.16. The molecular weight excluding hydrogens is 118 g/mol. The topological polar surface area (TPSA) is 57.9 Å². The summed E-state index contributed by atoms with van der Waals surface area (Å²) in [5, 5.41) is 7.90. The van der Waals surface area contributed by atoms with Gasteiger partial charge in [0.15, 0.2) is 5.78 Å². The fraction of sp³-hybridized carbons (Fsp3) is 0.167. The molecule has 0 saturated carbocycles. The van der Waals surface area contributed by atoms with E-state index in [1.807, 2.05) is 0 Å². The SMILES string of the molecule is CC(=O)C(=O)/C=C/C#N. The minimum atomic E-state index is -0.642. The molecule has 0 aliphatic carbocycles. The zero-order valence-electron chi connectivity index (χ0n) is 4.92. The van der Waals surface area contributed by atoms with Crippen molar-refractivity contribution in [1.82, 2.24) is 0 Å². The first-order valence-corrected chi connectivity index (χ1v) is 2.29. The van der Waals surface area contributed by atoms with Crippen LogP contribution in [0.25, 0.3) is 0 Å². The third-order valence-corrected chi connectivity index (χ3v) is 0.656. The zero-order chi connectivity index (χ0) is 7.28. The summed E-state index contributed by atoms with van der Waals surface area (Å²) in [4.78, 5) is 20.5. The van der Waals surface area contributed by atoms with Gasteiger partial charge in [-0.3, -0.25) is 9.59 Å². The van der Waals surface area contributed by atoms with Crippen LogP contribution in [-0.2, 0) is 9.59 Å². The Bertz CT molecular complexity index is 198. The molecule has 0 bridgehead atoms. The molecule has 46 valence electrons. The van der Waals surface area contributed by atoms with E-state index in [1.54, 1.807) is 6.07 Å². The van der Waals surface area contributed by atoms with Crippen LogP contribution in [0.4, 0.5) is 0 Å². The molecule has 0 spiro atoms. The van der Waals surface area contributed by atoms with Crippen molar-refractivity contribution in [3.8, 4) is 6.07 Å². The molecule has 9 heavy (non-hydrogen) atoms. The average Bonchev–Trinajstić information content (AvgIpc) is 1.82. The number of carbonyl (C=O) groups is 2. The van der Waals surface area contributed by atoms with Crippen molar-refractivity contribution in [1.29, 1.82) is 5.26 Å². The van der Waals surface area contributed by atoms with Gasteiger partial charge in [0.05, 0.1) is 6.07 Å². The summed E-state index contributed by atoms with van der Waals surface area (Å²) < 4.78 is 0. The maximum absolute atomic E-state index is 10.3. The number of hydrogen-bond acceptors (Lipinski definition) is 3. The Hall–Kier alpha value is -1.43. The summed E-state index contributed by atoms with van der Waals surface area (Å²) in [7, 11) is 0. The number of nitrogens with zero attached hydrogens (tertiary/aromatic N) is 1. The van der Waals surface area contributed by atoms with Crippen LogP contribution in [0.1, 0.15) is 6.92 Å². The molecule has 0 aromatic carbocycles. The summed E-state index contributed by atoms with van der Waals surface area (Å²) in [5.74, 6) is -1.20. The van der Waals surface area contributed by atoms with Crippen LogP contribution >= 0.6 is 0 Å². The molecule has 0 rings (SSSR count). The molecule has 0 radical (unpaired) electrons. The molecule has 0 saturated heterocycles. The molecule has 0 N–H and O–H groups in total. The Morgan fingerprint density at radius 2 is 2.11 bits per heavy atom. The van der Waals surface area contributed by atoms with E-state index in [-0.39, 0.29) is 0 Å². The Morgan fingerprint density at radius 1 is 1.56 bits per heavy atom. The van der Waals surface area contributed by atoms with Crippen LogP contribution in [0.5, 0.6) is 0 Å². The fourth-order valence-corrected chi connectivity index (χ4v) is 0.230. The normalized spacial score (nSPS) is 8.89. The van der Waals surface area contributed by atoms with E-state index < -0.39 is 11.6 Å². The van der Waals surface area contributed by atoms with Crippen molar-refractivity contribution >= 4 is 11.6 Å². The van der Waals surface area contributed by atoms with E-state index in [9.17, 15) is 9.59 Å². The fourth-order valence-electron chi connectivity index (χ4n) is 0.230. The van der Waals surface area contributed by atoms with Gasteiger partial charge in [-0.05, 0) is 6.08 Å². The highest BCUT2D eigenvalue weighted by Crippen LogP contribution is 1.77. The van der Waals surface area contributed by atoms with Crippen LogP contribution in [0.3, 0.4) is 0 Å². The standard InChI is InChI=1S/C6H5NO2/c1-5(8)6(9)3-2-4-7/h2-3H,1H3/b3-2+. The lowest BCUT2D eigenvalue weighted by Crippen LogP contribution is -2.04. The molecule has 0 heterocycles. The molecule has 3 nitrogen and oxygen atoms in total. The van der Waals surface area contributed by atoms with Gasteiger partial charge in [-0.2, -0.15) is 5.26 Å². The minimum Gasteiger partial charge on any atom is -0.291 e. The van der Waals surface area contributed by atoms with E-state index in [2.05, 4.69) is 0 Å². The summed E-state index contributed by atoms with van der Waals surface area (Å²) in [6, 6.07) is 1.60. The van der Waals surface area contributed by atoms with Gasteiger partial charge in [-0.25, -0.2) is 0 Å². The monoisotopic (exact) mass is 123 g/mol. The second-order valence-electron chi connectivity index (χ2n) is 1.38. The lowest BCUT2D eigenvalue weighted by atomic mass is 10.3. The first-order valence-electron chi connectivity index (χ1n) is 2.29. The molecule has 0 atom stereocenters. The van der Waals surface area contributed by atoms with Gasteiger partial charge >= 0.3 is 0 Å². The molecule has 0 unspecified atom stereocenters. The van der Waals surface area contributed by atoms with Gasteiger partial charge in [0.2, 0.25) is 5.78 Å². The van der Waals surface area contributed by atoms with Gasteiger partial charge in [0, 0.05) is 13.0 Å². The Labute approximate surface area is 52.6 Å². The first-order chi connectivity index (χ1) is 4.18. The number of allylic oxidation sites excluding steroid dienone is 2. The van der Waals surface area contributed by atoms with Crippen LogP contribution in [-0.4, -0.2) is 11.6 Å². The van der Waals surface area contributed by atoms with E-state index in [1.165, 1.54) is 0 Å². The molecule has 0 aromatic rings. The predicted molar refractivity (Wildman–Crippen MR) is 30.4 cm³/mol. The lowest BCUT2D eigenvalue weighted by molar-refractivity contribution is -0.132. The molecule has 0 fully saturated rings. The molecular formula is C6H5NO2. The van der Waals surface area contributed by atoms with Crippen LogP contribution in [0.15, 0.2) is 12.2 Å². The second kappa shape index (κ2) is 3.56. The summed E-state index contributed by atoms with van der Waals surface area (Å²) in [5.41, 5.74) is 0. The Morgan fingerprint density at radius 3 is 2.44 bits per heavy atom. The van der Waals surface area contributed by atoms with Crippen molar-refractivity contribution in [2.75, 3.05) is 0 Å². The maximum atomic E-state index is 10.3. The van der Waals surface area contributed by atoms with E-state index in [0.29, 0.717) is 0 Å². The number of hydrogen-bond donors (Lipinski definition) is 0. The number of rotatable bonds is 2. The Balaban J connectivity index is 3.97. The number of nitriles is 1. The lowest BCUT2D eigenvalue weighted by Gasteiger charge is -1.78. The molecule has 0 aliphatic rings. The van der Waals surface area contributed by atoms with Crippen molar-refractivity contribution in [2.45, 2.75) is 6.92 Å². The van der Waals surface area contributed by atoms with Crippen LogP contribution in [0.2, 0.25) is 0 Å². The predicted octanol–water partition coefficient (Wildman–Crippen LogP) is 0.224. The number of carbonyl (C=O) groups excluding carboxylic acids is 2. The smallest absolute Gasteiger partial charge is 0.221 e. The highest BCUT2D eigenvalue weighted by molar-refractivity contribution is 6.40. The van der Waals surface area contributed by atoms with Gasteiger partial charge in [-0.1, -0.05) is 0 Å². The third kappa shape index (κ3) is 3.18. The number of Topliss-reactive ketones (excluding diaryl/α,β-unsaturated/α-hetero) is 1. The van der Waals surface area contributed by atoms with E-state index in [0.717, 1.165) is 19.1 Å². The number of ketones is 2. The van der Waals surface area contributed by atoms with Crippen molar-refractivity contribution in [3.05, 3.63) is 12.2 Å². The molecule has 0 amide bonds. The van der Waals surface area contributed by atoms with Crippen LogP contribution in [0, 0.1) is 11.3 Å². The Kier molecular flexibility index (Phi) is 2.99. The average molecular weight is 123 g/mol. The van der Waals surface area contributed by atoms with Crippen molar-refractivity contribution in [2.24, 2.45) is 0 Å². The molecule has 0 aromatic heterocycles. The summed E-state index contributed by atoms with van der Waals surface area (Å²) >= 11 is 0. The van der Waals surface area contributed by atoms with E-state index in [4.69, 9.17) is 5.26 Å². The highest BCUT2D eigenvalue weighted by atomic mass is 16.2. The molecule has 0 aliphatic heterocycles. The highest BCUT2D eigenvalue weighted by Gasteiger charge is 1.99. The van der Waals surface area contributed by atoms with Crippen LogP contribution < -0.4 is 0 Å². The minimum absolute atomic E-state index is 0.554. The van der Waals surface area contributed by atoms with Crippen molar-refractivity contribution < 1.29 is 9.59 Å². The second-order valence-corrected chi connectivity index (χ2v) is 1.38. The van der Waals surface area contributed by atoms with Gasteiger partial charge < -0.3 is 0 Å². The van der Waals surface area contributed by atoms with Crippen molar-refractivity contribution in [3.63, 3.8) is 0 Å². The van der Waals surface area contributed by atoms with Gasteiger partial charge in [0.25, 0.3) is 0 Å². The largest absolute Gasteiger partial charge is 0.291 e. The third-order valence-electron chi connectivity index (χ3n) is 0.656. The van der Waals surface area contributed by atoms with Gasteiger partial charge in [-0.15, -0.1) is 0 Å². The van der Waals surface area contributed by atoms with E-state index >= 15 is 0 Å². The molecule has 3 heteroatoms. The first kappa shape index (κ1) is 7.57. The summed E-state index contributed by atoms with van der Waals surface area (Å²) in [6.07, 6.45) is 1.92. The zero-order valence-corrected chi connectivity index (χ0v) is 4.92. The van der Waals surface area contributed by atoms with Gasteiger partial charge in [0.1, 0.15) is 0 Å².